The number of benzene rings is 1. The molecule has 1 aromatic rings. The SMILES string of the molecule is O=C1Cc2ccc(C=CCBr)cc2N1. The second-order valence-electron chi connectivity index (χ2n) is 3.20. The lowest BCUT2D eigenvalue weighted by Gasteiger charge is -1.99. The molecule has 1 aliphatic rings. The fourth-order valence-corrected chi connectivity index (χ4v) is 1.70. The van der Waals surface area contributed by atoms with Crippen LogP contribution in [0.1, 0.15) is 11.1 Å². The maximum absolute atomic E-state index is 11.1. The summed E-state index contributed by atoms with van der Waals surface area (Å²) in [5, 5.41) is 3.67. The van der Waals surface area contributed by atoms with Crippen LogP contribution in [0.3, 0.4) is 0 Å². The quantitative estimate of drug-likeness (QED) is 0.805. The van der Waals surface area contributed by atoms with Gasteiger partial charge in [0.2, 0.25) is 5.91 Å². The first-order valence-corrected chi connectivity index (χ1v) is 5.57. The standard InChI is InChI=1S/C11H10BrNO/c12-5-1-2-8-3-4-9-7-11(14)13-10(9)6-8/h1-4,6H,5,7H2,(H,13,14). The van der Waals surface area contributed by atoms with Crippen molar-refractivity contribution in [3.05, 3.63) is 35.4 Å². The fourth-order valence-electron chi connectivity index (χ4n) is 1.52. The summed E-state index contributed by atoms with van der Waals surface area (Å²) >= 11 is 3.32. The predicted octanol–water partition coefficient (Wildman–Crippen LogP) is 2.59. The van der Waals surface area contributed by atoms with E-state index >= 15 is 0 Å². The van der Waals surface area contributed by atoms with Gasteiger partial charge in [-0.2, -0.15) is 0 Å². The molecular formula is C11H10BrNO. The Hall–Kier alpha value is -1.09. The van der Waals surface area contributed by atoms with E-state index in [1.807, 2.05) is 30.4 Å². The molecular weight excluding hydrogens is 242 g/mol. The number of rotatable bonds is 2. The first-order valence-electron chi connectivity index (χ1n) is 4.45. The van der Waals surface area contributed by atoms with Crippen molar-refractivity contribution in [2.45, 2.75) is 6.42 Å². The zero-order valence-electron chi connectivity index (χ0n) is 7.59. The van der Waals surface area contributed by atoms with Crippen LogP contribution < -0.4 is 5.32 Å². The monoisotopic (exact) mass is 251 g/mol. The molecule has 0 fully saturated rings. The summed E-state index contributed by atoms with van der Waals surface area (Å²) in [4.78, 5) is 11.1. The van der Waals surface area contributed by atoms with E-state index in [4.69, 9.17) is 0 Å². The number of hydrogen-bond donors (Lipinski definition) is 1. The van der Waals surface area contributed by atoms with Crippen molar-refractivity contribution in [2.24, 2.45) is 0 Å². The smallest absolute Gasteiger partial charge is 0.228 e. The van der Waals surface area contributed by atoms with E-state index in [9.17, 15) is 4.79 Å². The lowest BCUT2D eigenvalue weighted by Crippen LogP contribution is -2.03. The summed E-state index contributed by atoms with van der Waals surface area (Å²) in [6, 6.07) is 6.03. The molecule has 0 saturated carbocycles. The number of carbonyl (C=O) groups is 1. The average Bonchev–Trinajstić information content (AvgIpc) is 2.54. The van der Waals surface area contributed by atoms with Crippen LogP contribution in [0.5, 0.6) is 0 Å². The van der Waals surface area contributed by atoms with Gasteiger partial charge in [-0.05, 0) is 17.2 Å². The van der Waals surface area contributed by atoms with Gasteiger partial charge in [0, 0.05) is 11.0 Å². The number of anilines is 1. The van der Waals surface area contributed by atoms with Crippen LogP contribution in [0.25, 0.3) is 6.08 Å². The Balaban J connectivity index is 2.28. The van der Waals surface area contributed by atoms with Gasteiger partial charge in [0.05, 0.1) is 6.42 Å². The van der Waals surface area contributed by atoms with Gasteiger partial charge >= 0.3 is 0 Å². The number of nitrogens with one attached hydrogen (secondary N) is 1. The van der Waals surface area contributed by atoms with Crippen LogP contribution in [0.2, 0.25) is 0 Å². The second-order valence-corrected chi connectivity index (χ2v) is 3.85. The number of amides is 1. The van der Waals surface area contributed by atoms with Crippen molar-refractivity contribution in [3.8, 4) is 0 Å². The highest BCUT2D eigenvalue weighted by atomic mass is 79.9. The summed E-state index contributed by atoms with van der Waals surface area (Å²) in [7, 11) is 0. The first kappa shape index (κ1) is 9.46. The van der Waals surface area contributed by atoms with Crippen molar-refractivity contribution in [3.63, 3.8) is 0 Å². The minimum Gasteiger partial charge on any atom is -0.326 e. The molecule has 1 heterocycles. The molecule has 0 aliphatic carbocycles. The molecule has 1 aliphatic heterocycles. The van der Waals surface area contributed by atoms with Crippen LogP contribution in [-0.2, 0) is 11.2 Å². The van der Waals surface area contributed by atoms with Gasteiger partial charge in [-0.3, -0.25) is 4.79 Å². The summed E-state index contributed by atoms with van der Waals surface area (Å²) < 4.78 is 0. The summed E-state index contributed by atoms with van der Waals surface area (Å²) in [5.41, 5.74) is 3.16. The molecule has 72 valence electrons. The van der Waals surface area contributed by atoms with Crippen molar-refractivity contribution < 1.29 is 4.79 Å². The molecule has 14 heavy (non-hydrogen) atoms. The van der Waals surface area contributed by atoms with E-state index in [0.29, 0.717) is 6.42 Å². The molecule has 1 aromatic carbocycles. The molecule has 0 spiro atoms. The zero-order valence-corrected chi connectivity index (χ0v) is 9.17. The summed E-state index contributed by atoms with van der Waals surface area (Å²) in [6.45, 7) is 0. The van der Waals surface area contributed by atoms with Crippen molar-refractivity contribution >= 4 is 33.6 Å². The normalized spacial score (nSPS) is 14.5. The minimum absolute atomic E-state index is 0.0848. The molecule has 0 aromatic heterocycles. The second kappa shape index (κ2) is 3.96. The Morgan fingerprint density at radius 3 is 3.14 bits per heavy atom. The van der Waals surface area contributed by atoms with Gasteiger partial charge in [0.25, 0.3) is 0 Å². The molecule has 1 amide bonds. The number of halogens is 1. The van der Waals surface area contributed by atoms with Crippen molar-refractivity contribution in [1.82, 2.24) is 0 Å². The maximum Gasteiger partial charge on any atom is 0.228 e. The Morgan fingerprint density at radius 1 is 1.50 bits per heavy atom. The summed E-state index contributed by atoms with van der Waals surface area (Å²) in [6.07, 6.45) is 4.57. The molecule has 0 unspecified atom stereocenters. The molecule has 0 bridgehead atoms. The highest BCUT2D eigenvalue weighted by Gasteiger charge is 2.16. The van der Waals surface area contributed by atoms with Gasteiger partial charge in [-0.25, -0.2) is 0 Å². The number of carbonyl (C=O) groups excluding carboxylic acids is 1. The minimum atomic E-state index is 0.0848. The number of fused-ring (bicyclic) bond motifs is 1. The van der Waals surface area contributed by atoms with E-state index in [2.05, 4.69) is 21.2 Å². The lowest BCUT2D eigenvalue weighted by atomic mass is 10.1. The number of allylic oxidation sites excluding steroid dienone is 1. The number of hydrogen-bond acceptors (Lipinski definition) is 1. The predicted molar refractivity (Wildman–Crippen MR) is 61.6 cm³/mol. The van der Waals surface area contributed by atoms with Crippen LogP contribution in [0.4, 0.5) is 5.69 Å². The largest absolute Gasteiger partial charge is 0.326 e. The van der Waals surface area contributed by atoms with E-state index in [-0.39, 0.29) is 5.91 Å². The average molecular weight is 252 g/mol. The Bertz CT molecular complexity index is 398. The van der Waals surface area contributed by atoms with Gasteiger partial charge < -0.3 is 5.32 Å². The molecule has 0 saturated heterocycles. The maximum atomic E-state index is 11.1. The van der Waals surface area contributed by atoms with Gasteiger partial charge in [0.1, 0.15) is 0 Å². The zero-order chi connectivity index (χ0) is 9.97. The third-order valence-electron chi connectivity index (χ3n) is 2.16. The van der Waals surface area contributed by atoms with E-state index in [0.717, 1.165) is 22.1 Å². The van der Waals surface area contributed by atoms with Gasteiger partial charge in [-0.1, -0.05) is 40.2 Å². The Morgan fingerprint density at radius 2 is 2.36 bits per heavy atom. The third kappa shape index (κ3) is 1.87. The van der Waals surface area contributed by atoms with Gasteiger partial charge in [0.15, 0.2) is 0 Å². The Labute approximate surface area is 91.1 Å². The highest BCUT2D eigenvalue weighted by Crippen LogP contribution is 2.24. The molecule has 1 N–H and O–H groups in total. The molecule has 2 rings (SSSR count). The number of alkyl halides is 1. The molecule has 0 atom stereocenters. The van der Waals surface area contributed by atoms with Crippen molar-refractivity contribution in [1.29, 1.82) is 0 Å². The van der Waals surface area contributed by atoms with Crippen LogP contribution in [0, 0.1) is 0 Å². The van der Waals surface area contributed by atoms with Crippen LogP contribution >= 0.6 is 15.9 Å². The topological polar surface area (TPSA) is 29.1 Å². The fraction of sp³-hybridized carbons (Fsp3) is 0.182. The molecule has 3 heteroatoms. The highest BCUT2D eigenvalue weighted by molar-refractivity contribution is 9.09. The van der Waals surface area contributed by atoms with Crippen LogP contribution in [0.15, 0.2) is 24.3 Å². The van der Waals surface area contributed by atoms with E-state index in [1.54, 1.807) is 0 Å². The van der Waals surface area contributed by atoms with E-state index in [1.165, 1.54) is 0 Å². The first-order chi connectivity index (χ1) is 6.79. The molecule has 2 nitrogen and oxygen atoms in total. The lowest BCUT2D eigenvalue weighted by molar-refractivity contribution is -0.115. The molecule has 0 radical (unpaired) electrons. The van der Waals surface area contributed by atoms with Crippen LogP contribution in [-0.4, -0.2) is 11.2 Å². The van der Waals surface area contributed by atoms with E-state index < -0.39 is 0 Å². The Kier molecular flexibility index (Phi) is 2.68. The van der Waals surface area contributed by atoms with Gasteiger partial charge in [-0.15, -0.1) is 0 Å². The van der Waals surface area contributed by atoms with Crippen molar-refractivity contribution in [2.75, 3.05) is 10.6 Å². The third-order valence-corrected chi connectivity index (χ3v) is 2.53. The summed E-state index contributed by atoms with van der Waals surface area (Å²) in [5.74, 6) is 0.0848.